The van der Waals surface area contributed by atoms with Gasteiger partial charge >= 0.3 is 6.09 Å². The predicted molar refractivity (Wildman–Crippen MR) is 150 cm³/mol. The summed E-state index contributed by atoms with van der Waals surface area (Å²) < 4.78 is 18.8. The van der Waals surface area contributed by atoms with Crippen molar-refractivity contribution in [3.05, 3.63) is 71.0 Å². The molecule has 3 N–H and O–H groups in total. The SMILES string of the molecule is CCc1ccc(C(=O)NOCC2(C(=O)NCc3cccc(F)c3)CCN(C(=O)CNC(=O)OC(C)(C)C)CC2)cc1. The third-order valence-corrected chi connectivity index (χ3v) is 6.82. The summed E-state index contributed by atoms with van der Waals surface area (Å²) in [6.07, 6.45) is 0.660. The zero-order chi connectivity index (χ0) is 30.0. The molecule has 41 heavy (non-hydrogen) atoms. The number of piperidine rings is 1. The number of hydroxylamine groups is 1. The fourth-order valence-corrected chi connectivity index (χ4v) is 4.40. The second-order valence-electron chi connectivity index (χ2n) is 11.1. The van der Waals surface area contributed by atoms with Crippen molar-refractivity contribution in [2.45, 2.75) is 59.1 Å². The molecule has 2 aromatic carbocycles. The lowest BCUT2D eigenvalue weighted by molar-refractivity contribution is -0.146. The van der Waals surface area contributed by atoms with Crippen LogP contribution in [0.1, 0.15) is 62.0 Å². The number of benzene rings is 2. The molecule has 0 radical (unpaired) electrons. The number of amides is 4. The first kappa shape index (κ1) is 31.5. The van der Waals surface area contributed by atoms with Gasteiger partial charge in [-0.15, -0.1) is 0 Å². The Hall–Kier alpha value is -3.99. The molecule has 1 aliphatic rings. The van der Waals surface area contributed by atoms with Crippen LogP contribution >= 0.6 is 0 Å². The number of nitrogens with zero attached hydrogens (tertiary/aromatic N) is 1. The molecule has 10 nitrogen and oxygen atoms in total. The fraction of sp³-hybridized carbons (Fsp3) is 0.467. The van der Waals surface area contributed by atoms with Crippen LogP contribution < -0.4 is 16.1 Å². The van der Waals surface area contributed by atoms with Crippen LogP contribution in [0.25, 0.3) is 0 Å². The molecule has 1 heterocycles. The molecular formula is C30H39FN4O6. The molecule has 0 atom stereocenters. The van der Waals surface area contributed by atoms with Crippen LogP contribution in [0.4, 0.5) is 9.18 Å². The number of rotatable bonds is 10. The van der Waals surface area contributed by atoms with Gasteiger partial charge < -0.3 is 20.3 Å². The molecular weight excluding hydrogens is 531 g/mol. The third-order valence-electron chi connectivity index (χ3n) is 6.82. The van der Waals surface area contributed by atoms with Crippen LogP contribution in [0, 0.1) is 11.2 Å². The average molecular weight is 571 g/mol. The molecule has 1 aliphatic heterocycles. The predicted octanol–water partition coefficient (Wildman–Crippen LogP) is 3.50. The lowest BCUT2D eigenvalue weighted by Crippen LogP contribution is -2.54. The van der Waals surface area contributed by atoms with Crippen molar-refractivity contribution in [1.29, 1.82) is 0 Å². The summed E-state index contributed by atoms with van der Waals surface area (Å²) >= 11 is 0. The minimum absolute atomic E-state index is 0.108. The lowest BCUT2D eigenvalue weighted by Gasteiger charge is -2.40. The van der Waals surface area contributed by atoms with Crippen molar-refractivity contribution in [3.63, 3.8) is 0 Å². The number of likely N-dealkylation sites (tertiary alicyclic amines) is 1. The number of aryl methyl sites for hydroxylation is 1. The van der Waals surface area contributed by atoms with Crippen LogP contribution in [0.2, 0.25) is 0 Å². The number of carbonyl (C=O) groups excluding carboxylic acids is 4. The number of alkyl carbamates (subject to hydrolysis) is 1. The van der Waals surface area contributed by atoms with Gasteiger partial charge in [0.2, 0.25) is 11.8 Å². The molecule has 0 spiro atoms. The highest BCUT2D eigenvalue weighted by Gasteiger charge is 2.43. The number of carbonyl (C=O) groups is 4. The first-order valence-corrected chi connectivity index (χ1v) is 13.7. The Balaban J connectivity index is 1.62. The van der Waals surface area contributed by atoms with Gasteiger partial charge in [0.1, 0.15) is 18.0 Å². The Kier molecular flexibility index (Phi) is 10.8. The van der Waals surface area contributed by atoms with E-state index in [9.17, 15) is 23.6 Å². The summed E-state index contributed by atoms with van der Waals surface area (Å²) in [6.45, 7) is 7.41. The highest BCUT2D eigenvalue weighted by Crippen LogP contribution is 2.32. The third kappa shape index (κ3) is 9.56. The molecule has 3 rings (SSSR count). The Morgan fingerprint density at radius 1 is 0.976 bits per heavy atom. The molecule has 1 saturated heterocycles. The summed E-state index contributed by atoms with van der Waals surface area (Å²) in [5.41, 5.74) is 2.79. The zero-order valence-electron chi connectivity index (χ0n) is 24.1. The van der Waals surface area contributed by atoms with E-state index >= 15 is 0 Å². The van der Waals surface area contributed by atoms with Gasteiger partial charge in [0.05, 0.1) is 12.0 Å². The summed E-state index contributed by atoms with van der Waals surface area (Å²) in [5.74, 6) is -1.49. The van der Waals surface area contributed by atoms with Crippen molar-refractivity contribution in [1.82, 2.24) is 21.0 Å². The second kappa shape index (κ2) is 14.1. The number of halogens is 1. The maximum absolute atomic E-state index is 13.6. The van der Waals surface area contributed by atoms with Gasteiger partial charge in [-0.2, -0.15) is 0 Å². The monoisotopic (exact) mass is 570 g/mol. The van der Waals surface area contributed by atoms with E-state index in [-0.39, 0.29) is 57.4 Å². The largest absolute Gasteiger partial charge is 0.444 e. The van der Waals surface area contributed by atoms with E-state index in [1.165, 1.54) is 12.1 Å². The van der Waals surface area contributed by atoms with Crippen molar-refractivity contribution in [2.75, 3.05) is 26.2 Å². The smallest absolute Gasteiger partial charge is 0.408 e. The van der Waals surface area contributed by atoms with Crippen LogP contribution in [-0.4, -0.2) is 60.6 Å². The molecule has 0 aromatic heterocycles. The Morgan fingerprint density at radius 3 is 2.27 bits per heavy atom. The molecule has 1 fully saturated rings. The van der Waals surface area contributed by atoms with E-state index in [2.05, 4.69) is 16.1 Å². The number of nitrogens with one attached hydrogen (secondary N) is 3. The van der Waals surface area contributed by atoms with Gasteiger partial charge in [0.25, 0.3) is 5.91 Å². The summed E-state index contributed by atoms with van der Waals surface area (Å²) in [6, 6.07) is 13.1. The zero-order valence-corrected chi connectivity index (χ0v) is 24.1. The second-order valence-corrected chi connectivity index (χ2v) is 11.1. The van der Waals surface area contributed by atoms with Gasteiger partial charge in [-0.25, -0.2) is 14.7 Å². The quantitative estimate of drug-likeness (QED) is 0.376. The highest BCUT2D eigenvalue weighted by atomic mass is 19.1. The number of hydrogen-bond donors (Lipinski definition) is 3. The normalized spacial score (nSPS) is 14.6. The summed E-state index contributed by atoms with van der Waals surface area (Å²) in [5, 5.41) is 5.31. The van der Waals surface area contributed by atoms with Gasteiger partial charge in [0.15, 0.2) is 0 Å². The van der Waals surface area contributed by atoms with Gasteiger partial charge in [0, 0.05) is 25.2 Å². The van der Waals surface area contributed by atoms with Crippen LogP contribution in [0.15, 0.2) is 48.5 Å². The minimum Gasteiger partial charge on any atom is -0.444 e. The Labute approximate surface area is 239 Å². The van der Waals surface area contributed by atoms with E-state index in [0.717, 1.165) is 12.0 Å². The number of ether oxygens (including phenoxy) is 1. The molecule has 0 unspecified atom stereocenters. The van der Waals surface area contributed by atoms with E-state index in [0.29, 0.717) is 11.1 Å². The van der Waals surface area contributed by atoms with Gasteiger partial charge in [-0.3, -0.25) is 19.2 Å². The molecule has 11 heteroatoms. The molecule has 222 valence electrons. The van der Waals surface area contributed by atoms with Crippen molar-refractivity contribution in [2.24, 2.45) is 5.41 Å². The average Bonchev–Trinajstić information content (AvgIpc) is 2.94. The van der Waals surface area contributed by atoms with E-state index in [4.69, 9.17) is 9.57 Å². The number of hydrogen-bond acceptors (Lipinski definition) is 6. The fourth-order valence-electron chi connectivity index (χ4n) is 4.40. The van der Waals surface area contributed by atoms with E-state index in [1.54, 1.807) is 49.9 Å². The Bertz CT molecular complexity index is 1220. The standard InChI is InChI=1S/C30H39FN4O6/c1-5-21-9-11-23(12-10-21)26(37)34-40-20-30(27(38)32-18-22-7-6-8-24(31)17-22)13-15-35(16-14-30)25(36)19-33-28(39)41-29(2,3)4/h6-12,17H,5,13-16,18-20H2,1-4H3,(H,32,38)(H,33,39)(H,34,37). The lowest BCUT2D eigenvalue weighted by atomic mass is 9.78. The van der Waals surface area contributed by atoms with Crippen molar-refractivity contribution >= 4 is 23.8 Å². The van der Waals surface area contributed by atoms with Gasteiger partial charge in [-0.05, 0) is 75.4 Å². The topological polar surface area (TPSA) is 126 Å². The van der Waals surface area contributed by atoms with Crippen LogP contribution in [0.5, 0.6) is 0 Å². The van der Waals surface area contributed by atoms with E-state index in [1.807, 2.05) is 19.1 Å². The summed E-state index contributed by atoms with van der Waals surface area (Å²) in [4.78, 5) is 57.8. The van der Waals surface area contributed by atoms with Crippen LogP contribution in [-0.2, 0) is 32.1 Å². The first-order valence-electron chi connectivity index (χ1n) is 13.7. The molecule has 0 saturated carbocycles. The van der Waals surface area contributed by atoms with Crippen molar-refractivity contribution < 1.29 is 33.1 Å². The highest BCUT2D eigenvalue weighted by molar-refractivity contribution is 5.93. The maximum Gasteiger partial charge on any atom is 0.408 e. The van der Waals surface area contributed by atoms with Gasteiger partial charge in [-0.1, -0.05) is 31.2 Å². The summed E-state index contributed by atoms with van der Waals surface area (Å²) in [7, 11) is 0. The van der Waals surface area contributed by atoms with E-state index < -0.39 is 28.8 Å². The minimum atomic E-state index is -1.05. The first-order chi connectivity index (χ1) is 19.4. The Morgan fingerprint density at radius 2 is 1.66 bits per heavy atom. The molecule has 0 bridgehead atoms. The maximum atomic E-state index is 13.6. The molecule has 0 aliphatic carbocycles. The molecule has 4 amide bonds. The van der Waals surface area contributed by atoms with Crippen molar-refractivity contribution in [3.8, 4) is 0 Å². The molecule has 2 aromatic rings. The van der Waals surface area contributed by atoms with Crippen LogP contribution in [0.3, 0.4) is 0 Å².